The summed E-state index contributed by atoms with van der Waals surface area (Å²) >= 11 is 3.04. The van der Waals surface area contributed by atoms with Gasteiger partial charge in [0.1, 0.15) is 5.82 Å². The highest BCUT2D eigenvalue weighted by atomic mass is 79.9. The Kier molecular flexibility index (Phi) is 5.58. The lowest BCUT2D eigenvalue weighted by Crippen LogP contribution is -2.32. The van der Waals surface area contributed by atoms with E-state index in [9.17, 15) is 9.18 Å². The number of carbonyl (C=O) groups excluding carboxylic acids is 1. The van der Waals surface area contributed by atoms with Crippen LogP contribution in [0, 0.1) is 5.82 Å². The number of amides is 1. The molecule has 1 N–H and O–H groups in total. The van der Waals surface area contributed by atoms with Crippen LogP contribution in [0.2, 0.25) is 0 Å². The van der Waals surface area contributed by atoms with Gasteiger partial charge in [0.05, 0.1) is 16.1 Å². The number of nitrogens with one attached hydrogen (secondary N) is 1. The van der Waals surface area contributed by atoms with E-state index in [0.29, 0.717) is 13.2 Å². The van der Waals surface area contributed by atoms with Gasteiger partial charge >= 0.3 is 0 Å². The molecule has 0 radical (unpaired) electrons. The molecule has 0 saturated heterocycles. The summed E-state index contributed by atoms with van der Waals surface area (Å²) in [5, 5.41) is 2.63. The topological polar surface area (TPSA) is 38.3 Å². The Morgan fingerprint density at radius 2 is 2.29 bits per heavy atom. The second-order valence-electron chi connectivity index (χ2n) is 3.58. The molecule has 94 valence electrons. The van der Waals surface area contributed by atoms with E-state index >= 15 is 0 Å². The lowest BCUT2D eigenvalue weighted by molar-refractivity contribution is 0.0693. The summed E-state index contributed by atoms with van der Waals surface area (Å²) in [5.41, 5.74) is 0.0306. The Balaban J connectivity index is 2.61. The summed E-state index contributed by atoms with van der Waals surface area (Å²) < 4.78 is 19.1. The van der Waals surface area contributed by atoms with Crippen molar-refractivity contribution in [2.75, 3.05) is 13.2 Å². The Bertz CT molecular complexity index is 398. The maximum Gasteiger partial charge on any atom is 0.254 e. The zero-order chi connectivity index (χ0) is 12.8. The Hall–Kier alpha value is -0.940. The monoisotopic (exact) mass is 303 g/mol. The van der Waals surface area contributed by atoms with Crippen molar-refractivity contribution in [3.63, 3.8) is 0 Å². The van der Waals surface area contributed by atoms with Gasteiger partial charge in [-0.2, -0.15) is 0 Å². The van der Waals surface area contributed by atoms with Crippen LogP contribution in [0.4, 0.5) is 4.39 Å². The average Bonchev–Trinajstić information content (AvgIpc) is 2.30. The number of ether oxygens (including phenoxy) is 1. The van der Waals surface area contributed by atoms with Gasteiger partial charge in [-0.1, -0.05) is 6.07 Å². The van der Waals surface area contributed by atoms with Crippen molar-refractivity contribution in [2.24, 2.45) is 0 Å². The van der Waals surface area contributed by atoms with Gasteiger partial charge in [0.2, 0.25) is 0 Å². The van der Waals surface area contributed by atoms with E-state index in [2.05, 4.69) is 21.2 Å². The van der Waals surface area contributed by atoms with E-state index < -0.39 is 11.7 Å². The maximum atomic E-state index is 13.6. The molecule has 0 fully saturated rings. The molecule has 0 heterocycles. The molecule has 0 aromatic heterocycles. The SMILES string of the molecule is CCOC(C)CNC(=O)c1cccc(Br)c1F. The minimum absolute atomic E-state index is 0.0306. The highest BCUT2D eigenvalue weighted by Gasteiger charge is 2.14. The predicted molar refractivity (Wildman–Crippen MR) is 67.5 cm³/mol. The first kappa shape index (κ1) is 14.1. The third-order valence-electron chi connectivity index (χ3n) is 2.20. The third-order valence-corrected chi connectivity index (χ3v) is 2.81. The number of halogens is 2. The van der Waals surface area contributed by atoms with Gasteiger partial charge in [0.25, 0.3) is 5.91 Å². The first-order chi connectivity index (χ1) is 8.06. The fraction of sp³-hybridized carbons (Fsp3) is 0.417. The molecule has 0 aliphatic rings. The molecule has 3 nitrogen and oxygen atoms in total. The molecule has 0 aliphatic carbocycles. The number of rotatable bonds is 5. The molecule has 1 aromatic carbocycles. The third kappa shape index (κ3) is 4.09. The fourth-order valence-electron chi connectivity index (χ4n) is 1.35. The highest BCUT2D eigenvalue weighted by molar-refractivity contribution is 9.10. The molecule has 17 heavy (non-hydrogen) atoms. The molecule has 1 amide bonds. The van der Waals surface area contributed by atoms with E-state index in [1.165, 1.54) is 6.07 Å². The average molecular weight is 304 g/mol. The Morgan fingerprint density at radius 1 is 1.59 bits per heavy atom. The van der Waals surface area contributed by atoms with Gasteiger partial charge in [-0.05, 0) is 41.9 Å². The van der Waals surface area contributed by atoms with Crippen LogP contribution in [0.1, 0.15) is 24.2 Å². The number of hydrogen-bond donors (Lipinski definition) is 1. The first-order valence-corrected chi connectivity index (χ1v) is 6.19. The van der Waals surface area contributed by atoms with Crippen LogP contribution < -0.4 is 5.32 Å². The lowest BCUT2D eigenvalue weighted by atomic mass is 10.2. The summed E-state index contributed by atoms with van der Waals surface area (Å²) in [6.45, 7) is 4.67. The van der Waals surface area contributed by atoms with E-state index in [4.69, 9.17) is 4.74 Å². The normalized spacial score (nSPS) is 12.2. The molecule has 1 rings (SSSR count). The van der Waals surface area contributed by atoms with E-state index in [0.717, 1.165) is 0 Å². The second-order valence-corrected chi connectivity index (χ2v) is 4.43. The molecular weight excluding hydrogens is 289 g/mol. The fourth-order valence-corrected chi connectivity index (χ4v) is 1.72. The van der Waals surface area contributed by atoms with Gasteiger partial charge in [-0.3, -0.25) is 4.79 Å². The zero-order valence-corrected chi connectivity index (χ0v) is 11.4. The van der Waals surface area contributed by atoms with Crippen molar-refractivity contribution in [1.82, 2.24) is 5.32 Å². The minimum Gasteiger partial charge on any atom is -0.377 e. The molecule has 1 unspecified atom stereocenters. The summed E-state index contributed by atoms with van der Waals surface area (Å²) in [6, 6.07) is 4.61. The zero-order valence-electron chi connectivity index (χ0n) is 9.80. The Morgan fingerprint density at radius 3 is 2.94 bits per heavy atom. The van der Waals surface area contributed by atoms with Gasteiger partial charge in [-0.15, -0.1) is 0 Å². The molecule has 5 heteroatoms. The lowest BCUT2D eigenvalue weighted by Gasteiger charge is -2.13. The number of benzene rings is 1. The second kappa shape index (κ2) is 6.71. The van der Waals surface area contributed by atoms with E-state index in [1.807, 2.05) is 13.8 Å². The van der Waals surface area contributed by atoms with Crippen molar-refractivity contribution >= 4 is 21.8 Å². The van der Waals surface area contributed by atoms with Crippen molar-refractivity contribution < 1.29 is 13.9 Å². The quantitative estimate of drug-likeness (QED) is 0.908. The smallest absolute Gasteiger partial charge is 0.254 e. The Labute approximate surface area is 108 Å². The van der Waals surface area contributed by atoms with Crippen molar-refractivity contribution in [2.45, 2.75) is 20.0 Å². The molecule has 0 saturated carbocycles. The first-order valence-electron chi connectivity index (χ1n) is 5.40. The van der Waals surface area contributed by atoms with Gasteiger partial charge in [-0.25, -0.2) is 4.39 Å². The van der Waals surface area contributed by atoms with Crippen molar-refractivity contribution in [3.8, 4) is 0 Å². The molecule has 0 aliphatic heterocycles. The van der Waals surface area contributed by atoms with Crippen LogP contribution in [0.15, 0.2) is 22.7 Å². The summed E-state index contributed by atoms with van der Waals surface area (Å²) in [7, 11) is 0. The standard InChI is InChI=1S/C12H15BrFNO2/c1-3-17-8(2)7-15-12(16)9-5-4-6-10(13)11(9)14/h4-6,8H,3,7H2,1-2H3,(H,15,16). The minimum atomic E-state index is -0.547. The summed E-state index contributed by atoms with van der Waals surface area (Å²) in [5.74, 6) is -0.982. The van der Waals surface area contributed by atoms with Crippen molar-refractivity contribution in [3.05, 3.63) is 34.1 Å². The van der Waals surface area contributed by atoms with Crippen LogP contribution in [-0.2, 0) is 4.74 Å². The van der Waals surface area contributed by atoms with E-state index in [1.54, 1.807) is 12.1 Å². The maximum absolute atomic E-state index is 13.6. The molecular formula is C12H15BrFNO2. The van der Waals surface area contributed by atoms with E-state index in [-0.39, 0.29) is 16.1 Å². The molecule has 0 bridgehead atoms. The van der Waals surface area contributed by atoms with Crippen LogP contribution in [0.25, 0.3) is 0 Å². The van der Waals surface area contributed by atoms with Crippen LogP contribution in [0.3, 0.4) is 0 Å². The molecule has 1 atom stereocenters. The van der Waals surface area contributed by atoms with Gasteiger partial charge in [0, 0.05) is 13.2 Å². The largest absolute Gasteiger partial charge is 0.377 e. The number of hydrogen-bond acceptors (Lipinski definition) is 2. The summed E-state index contributed by atoms with van der Waals surface area (Å²) in [4.78, 5) is 11.7. The summed E-state index contributed by atoms with van der Waals surface area (Å²) in [6.07, 6.45) is -0.0841. The van der Waals surface area contributed by atoms with Gasteiger partial charge < -0.3 is 10.1 Å². The molecule has 1 aromatic rings. The molecule has 0 spiro atoms. The van der Waals surface area contributed by atoms with Crippen molar-refractivity contribution in [1.29, 1.82) is 0 Å². The van der Waals surface area contributed by atoms with Gasteiger partial charge in [0.15, 0.2) is 0 Å². The number of carbonyl (C=O) groups is 1. The van der Waals surface area contributed by atoms with Crippen LogP contribution in [-0.4, -0.2) is 25.2 Å². The highest BCUT2D eigenvalue weighted by Crippen LogP contribution is 2.18. The van der Waals surface area contributed by atoms with Crippen LogP contribution >= 0.6 is 15.9 Å². The predicted octanol–water partition coefficient (Wildman–Crippen LogP) is 2.74. The van der Waals surface area contributed by atoms with Crippen LogP contribution in [0.5, 0.6) is 0 Å².